The van der Waals surface area contributed by atoms with Crippen molar-refractivity contribution in [3.05, 3.63) is 35.7 Å². The molecule has 2 heterocycles. The van der Waals surface area contributed by atoms with Gasteiger partial charge in [0.2, 0.25) is 11.6 Å². The molecule has 2 aromatic heterocycles. The Bertz CT molecular complexity index is 623. The number of hydrogen-bond donors (Lipinski definition) is 1. The Kier molecular flexibility index (Phi) is 5.23. The van der Waals surface area contributed by atoms with E-state index in [0.717, 1.165) is 5.76 Å². The third-order valence-corrected chi connectivity index (χ3v) is 3.31. The zero-order chi connectivity index (χ0) is 16.1. The second-order valence-electron chi connectivity index (χ2n) is 5.87. The number of nitriles is 1. The summed E-state index contributed by atoms with van der Waals surface area (Å²) in [5.74, 6) is 2.30. The van der Waals surface area contributed by atoms with Crippen molar-refractivity contribution in [2.45, 2.75) is 26.3 Å². The molecule has 2 aromatic rings. The van der Waals surface area contributed by atoms with E-state index in [9.17, 15) is 5.26 Å². The van der Waals surface area contributed by atoms with Gasteiger partial charge < -0.3 is 14.2 Å². The van der Waals surface area contributed by atoms with Gasteiger partial charge in [0, 0.05) is 13.0 Å². The Morgan fingerprint density at radius 3 is 2.73 bits per heavy atom. The highest BCUT2D eigenvalue weighted by Crippen LogP contribution is 2.23. The lowest BCUT2D eigenvalue weighted by atomic mass is 10.1. The molecule has 0 fully saturated rings. The van der Waals surface area contributed by atoms with Crippen LogP contribution in [-0.4, -0.2) is 30.5 Å². The van der Waals surface area contributed by atoms with E-state index in [2.05, 4.69) is 30.2 Å². The number of likely N-dealkylation sites (N-methyl/N-ethyl adjacent to an activating group) is 1. The monoisotopic (exact) mass is 302 g/mol. The lowest BCUT2D eigenvalue weighted by molar-refractivity contribution is 0.268. The van der Waals surface area contributed by atoms with Gasteiger partial charge in [0.15, 0.2) is 5.89 Å². The average molecular weight is 302 g/mol. The largest absolute Gasteiger partial charge is 0.468 e. The molecule has 0 aromatic carbocycles. The van der Waals surface area contributed by atoms with Gasteiger partial charge in [-0.1, -0.05) is 13.8 Å². The molecule has 0 aliphatic heterocycles. The highest BCUT2D eigenvalue weighted by atomic mass is 16.4. The third kappa shape index (κ3) is 3.89. The second kappa shape index (κ2) is 7.14. The molecule has 6 heteroatoms. The van der Waals surface area contributed by atoms with Gasteiger partial charge in [-0.05, 0) is 32.1 Å². The second-order valence-corrected chi connectivity index (χ2v) is 5.87. The van der Waals surface area contributed by atoms with Crippen molar-refractivity contribution in [1.29, 1.82) is 5.26 Å². The molecule has 0 saturated heterocycles. The van der Waals surface area contributed by atoms with Crippen molar-refractivity contribution in [2.75, 3.05) is 26.0 Å². The Morgan fingerprint density at radius 2 is 2.18 bits per heavy atom. The van der Waals surface area contributed by atoms with E-state index in [1.807, 2.05) is 31.1 Å². The third-order valence-electron chi connectivity index (χ3n) is 3.31. The van der Waals surface area contributed by atoms with Crippen molar-refractivity contribution in [1.82, 2.24) is 9.88 Å². The molecule has 0 amide bonds. The van der Waals surface area contributed by atoms with Crippen LogP contribution < -0.4 is 5.32 Å². The lowest BCUT2D eigenvalue weighted by Gasteiger charge is -2.22. The van der Waals surface area contributed by atoms with Gasteiger partial charge in [-0.25, -0.2) is 4.98 Å². The molecule has 0 saturated carbocycles. The van der Waals surface area contributed by atoms with E-state index in [0.29, 0.717) is 36.4 Å². The molecule has 2 rings (SSSR count). The van der Waals surface area contributed by atoms with Gasteiger partial charge in [-0.2, -0.15) is 5.26 Å². The highest BCUT2D eigenvalue weighted by Gasteiger charge is 2.19. The van der Waals surface area contributed by atoms with Crippen LogP contribution in [0, 0.1) is 17.2 Å². The van der Waals surface area contributed by atoms with E-state index in [1.54, 1.807) is 6.26 Å². The van der Waals surface area contributed by atoms with Gasteiger partial charge in [0.1, 0.15) is 11.8 Å². The number of anilines is 1. The predicted molar refractivity (Wildman–Crippen MR) is 83.4 cm³/mol. The van der Waals surface area contributed by atoms with Crippen LogP contribution in [0.1, 0.15) is 37.2 Å². The predicted octanol–water partition coefficient (Wildman–Crippen LogP) is 3.05. The molecule has 0 aliphatic carbocycles. The zero-order valence-electron chi connectivity index (χ0n) is 13.5. The molecule has 1 atom stereocenters. The molecule has 1 N–H and O–H groups in total. The number of nitrogens with one attached hydrogen (secondary N) is 1. The summed E-state index contributed by atoms with van der Waals surface area (Å²) < 4.78 is 11.1. The van der Waals surface area contributed by atoms with Crippen molar-refractivity contribution in [2.24, 2.45) is 5.92 Å². The van der Waals surface area contributed by atoms with Crippen molar-refractivity contribution in [3.63, 3.8) is 0 Å². The number of hydrogen-bond acceptors (Lipinski definition) is 6. The first kappa shape index (κ1) is 16.1. The maximum atomic E-state index is 9.18. The van der Waals surface area contributed by atoms with Crippen molar-refractivity contribution < 1.29 is 8.83 Å². The van der Waals surface area contributed by atoms with Crippen molar-refractivity contribution >= 4 is 5.88 Å². The molecular weight excluding hydrogens is 280 g/mol. The standard InChI is InChI=1S/C16H22N4O2/c1-11(2)8-15-19-12(9-17)16(22-15)18-10-13(20(3)4)14-6-5-7-21-14/h5-7,11,13,18H,8,10H2,1-4H3/t13-/m1/s1. The molecule has 22 heavy (non-hydrogen) atoms. The first-order valence-corrected chi connectivity index (χ1v) is 7.34. The van der Waals surface area contributed by atoms with E-state index < -0.39 is 0 Å². The van der Waals surface area contributed by atoms with Crippen LogP contribution in [0.4, 0.5) is 5.88 Å². The van der Waals surface area contributed by atoms with E-state index in [-0.39, 0.29) is 6.04 Å². The van der Waals surface area contributed by atoms with Crippen LogP contribution >= 0.6 is 0 Å². The molecular formula is C16H22N4O2. The van der Waals surface area contributed by atoms with Crippen LogP contribution in [0.3, 0.4) is 0 Å². The normalized spacial score (nSPS) is 12.6. The minimum Gasteiger partial charge on any atom is -0.468 e. The number of oxazole rings is 1. The van der Waals surface area contributed by atoms with Crippen molar-refractivity contribution in [3.8, 4) is 6.07 Å². The van der Waals surface area contributed by atoms with Gasteiger partial charge >= 0.3 is 0 Å². The number of rotatable bonds is 7. The fraction of sp³-hybridized carbons (Fsp3) is 0.500. The molecule has 0 unspecified atom stereocenters. The molecule has 0 spiro atoms. The minimum absolute atomic E-state index is 0.0418. The Hall–Kier alpha value is -2.26. The minimum atomic E-state index is 0.0418. The smallest absolute Gasteiger partial charge is 0.232 e. The van der Waals surface area contributed by atoms with Gasteiger partial charge in [0.05, 0.1) is 12.3 Å². The van der Waals surface area contributed by atoms with Crippen LogP contribution in [0.2, 0.25) is 0 Å². The zero-order valence-corrected chi connectivity index (χ0v) is 13.5. The first-order chi connectivity index (χ1) is 10.5. The lowest BCUT2D eigenvalue weighted by Crippen LogP contribution is -2.26. The summed E-state index contributed by atoms with van der Waals surface area (Å²) in [4.78, 5) is 6.27. The summed E-state index contributed by atoms with van der Waals surface area (Å²) in [5, 5.41) is 12.4. The first-order valence-electron chi connectivity index (χ1n) is 7.34. The number of nitrogens with zero attached hydrogens (tertiary/aromatic N) is 3. The fourth-order valence-corrected chi connectivity index (χ4v) is 2.20. The number of aromatic nitrogens is 1. The van der Waals surface area contributed by atoms with E-state index in [4.69, 9.17) is 8.83 Å². The van der Waals surface area contributed by atoms with E-state index >= 15 is 0 Å². The van der Waals surface area contributed by atoms with Gasteiger partial charge in [0.25, 0.3) is 0 Å². The Balaban J connectivity index is 2.09. The molecule has 0 radical (unpaired) electrons. The molecule has 0 bridgehead atoms. The fourth-order valence-electron chi connectivity index (χ4n) is 2.20. The van der Waals surface area contributed by atoms with E-state index in [1.165, 1.54) is 0 Å². The topological polar surface area (TPSA) is 78.2 Å². The Labute approximate surface area is 130 Å². The van der Waals surface area contributed by atoms with Crippen LogP contribution in [0.15, 0.2) is 27.2 Å². The SMILES string of the molecule is CC(C)Cc1nc(C#N)c(NC[C@H](c2ccco2)N(C)C)o1. The molecule has 0 aliphatic rings. The van der Waals surface area contributed by atoms with Gasteiger partial charge in [-0.3, -0.25) is 4.90 Å². The number of furan rings is 1. The quantitative estimate of drug-likeness (QED) is 0.847. The van der Waals surface area contributed by atoms with Gasteiger partial charge in [-0.15, -0.1) is 0 Å². The maximum absolute atomic E-state index is 9.18. The van der Waals surface area contributed by atoms with Crippen LogP contribution in [0.5, 0.6) is 0 Å². The summed E-state index contributed by atoms with van der Waals surface area (Å²) in [7, 11) is 3.95. The summed E-state index contributed by atoms with van der Waals surface area (Å²) >= 11 is 0. The molecule has 6 nitrogen and oxygen atoms in total. The highest BCUT2D eigenvalue weighted by molar-refractivity contribution is 5.45. The summed E-state index contributed by atoms with van der Waals surface area (Å²) in [5.41, 5.74) is 0.299. The van der Waals surface area contributed by atoms with Crippen LogP contribution in [0.25, 0.3) is 0 Å². The summed E-state index contributed by atoms with van der Waals surface area (Å²) in [6, 6.07) is 5.91. The summed E-state index contributed by atoms with van der Waals surface area (Å²) in [6.07, 6.45) is 2.37. The molecule has 118 valence electrons. The van der Waals surface area contributed by atoms with Crippen LogP contribution in [-0.2, 0) is 6.42 Å². The summed E-state index contributed by atoms with van der Waals surface area (Å²) in [6.45, 7) is 4.73. The maximum Gasteiger partial charge on any atom is 0.232 e. The average Bonchev–Trinajstić information content (AvgIpc) is 3.08. The Morgan fingerprint density at radius 1 is 1.41 bits per heavy atom.